The van der Waals surface area contributed by atoms with Crippen LogP contribution in [0.4, 0.5) is 0 Å². The summed E-state index contributed by atoms with van der Waals surface area (Å²) in [7, 11) is 0. The van der Waals surface area contributed by atoms with Gasteiger partial charge in [-0.15, -0.1) is 0 Å². The molecule has 96 valence electrons. The molecule has 0 aliphatic heterocycles. The van der Waals surface area contributed by atoms with Crippen LogP contribution in [0.1, 0.15) is 46.1 Å². The van der Waals surface area contributed by atoms with E-state index in [1.165, 1.54) is 5.56 Å². The maximum Gasteiger partial charge on any atom is 0.119 e. The number of rotatable bonds is 6. The van der Waals surface area contributed by atoms with Crippen LogP contribution in [0.25, 0.3) is 0 Å². The van der Waals surface area contributed by atoms with Crippen molar-refractivity contribution < 1.29 is 4.74 Å². The lowest BCUT2D eigenvalue weighted by atomic mass is 10.0. The molecule has 0 aliphatic rings. The van der Waals surface area contributed by atoms with E-state index in [-0.39, 0.29) is 6.10 Å². The summed E-state index contributed by atoms with van der Waals surface area (Å²) in [5, 5.41) is 3.37. The Morgan fingerprint density at radius 2 is 1.65 bits per heavy atom. The van der Waals surface area contributed by atoms with Gasteiger partial charge in [0.25, 0.3) is 0 Å². The Balaban J connectivity index is 2.56. The largest absolute Gasteiger partial charge is 0.489 e. The molecule has 0 fully saturated rings. The van der Waals surface area contributed by atoms with Gasteiger partial charge in [0, 0.05) is 6.04 Å². The molecule has 2 unspecified atom stereocenters. The van der Waals surface area contributed by atoms with E-state index in [0.717, 1.165) is 12.3 Å². The van der Waals surface area contributed by atoms with Crippen LogP contribution >= 0.6 is 0 Å². The Labute approximate surface area is 105 Å². The first-order chi connectivity index (χ1) is 8.04. The van der Waals surface area contributed by atoms with Crippen LogP contribution in [0, 0.1) is 0 Å². The molecular weight excluding hydrogens is 210 g/mol. The second-order valence-corrected chi connectivity index (χ2v) is 4.89. The molecule has 0 bridgehead atoms. The molecule has 2 atom stereocenters. The van der Waals surface area contributed by atoms with E-state index in [4.69, 9.17) is 4.74 Å². The zero-order valence-corrected chi connectivity index (χ0v) is 11.7. The standard InChI is InChI=1S/C15H25NO/c1-6-16-12(4)13(5)17-15-9-7-14(8-10-15)11(2)3/h7-13,16H,6H2,1-5H3. The first-order valence-electron chi connectivity index (χ1n) is 6.54. The molecular formula is C15H25NO. The quantitative estimate of drug-likeness (QED) is 0.814. The zero-order valence-electron chi connectivity index (χ0n) is 11.7. The van der Waals surface area contributed by atoms with E-state index < -0.39 is 0 Å². The van der Waals surface area contributed by atoms with Crippen LogP contribution < -0.4 is 10.1 Å². The third-order valence-electron chi connectivity index (χ3n) is 3.10. The first kappa shape index (κ1) is 14.0. The highest BCUT2D eigenvalue weighted by atomic mass is 16.5. The Hall–Kier alpha value is -1.02. The molecule has 0 amide bonds. The highest BCUT2D eigenvalue weighted by Gasteiger charge is 2.12. The van der Waals surface area contributed by atoms with Crippen molar-refractivity contribution in [2.24, 2.45) is 0 Å². The molecule has 0 saturated heterocycles. The van der Waals surface area contributed by atoms with Crippen molar-refractivity contribution in [1.82, 2.24) is 5.32 Å². The van der Waals surface area contributed by atoms with Crippen LogP contribution in [0.2, 0.25) is 0 Å². The summed E-state index contributed by atoms with van der Waals surface area (Å²) < 4.78 is 5.90. The molecule has 1 rings (SSSR count). The molecule has 0 radical (unpaired) electrons. The third kappa shape index (κ3) is 4.39. The molecule has 0 saturated carbocycles. The van der Waals surface area contributed by atoms with Crippen LogP contribution in [0.15, 0.2) is 24.3 Å². The van der Waals surface area contributed by atoms with Crippen LogP contribution in [-0.2, 0) is 0 Å². The summed E-state index contributed by atoms with van der Waals surface area (Å²) >= 11 is 0. The summed E-state index contributed by atoms with van der Waals surface area (Å²) in [5.41, 5.74) is 1.35. The lowest BCUT2D eigenvalue weighted by Crippen LogP contribution is -2.38. The van der Waals surface area contributed by atoms with Gasteiger partial charge in [0.15, 0.2) is 0 Å². The monoisotopic (exact) mass is 235 g/mol. The van der Waals surface area contributed by atoms with Gasteiger partial charge in [-0.2, -0.15) is 0 Å². The Bertz CT molecular complexity index is 318. The summed E-state index contributed by atoms with van der Waals surface area (Å²) in [6.07, 6.45) is 0.180. The molecule has 0 aromatic heterocycles. The topological polar surface area (TPSA) is 21.3 Å². The van der Waals surface area contributed by atoms with Gasteiger partial charge in [0.05, 0.1) is 0 Å². The van der Waals surface area contributed by atoms with E-state index in [9.17, 15) is 0 Å². The SMILES string of the molecule is CCNC(C)C(C)Oc1ccc(C(C)C)cc1. The Kier molecular flexibility index (Phi) is 5.49. The summed E-state index contributed by atoms with van der Waals surface area (Å²) in [4.78, 5) is 0. The van der Waals surface area contributed by atoms with Gasteiger partial charge in [-0.1, -0.05) is 32.9 Å². The first-order valence-corrected chi connectivity index (χ1v) is 6.54. The molecule has 1 aromatic carbocycles. The van der Waals surface area contributed by atoms with Gasteiger partial charge in [-0.05, 0) is 44.0 Å². The number of nitrogens with one attached hydrogen (secondary N) is 1. The average Bonchev–Trinajstić information content (AvgIpc) is 2.30. The van der Waals surface area contributed by atoms with Crippen LogP contribution in [0.3, 0.4) is 0 Å². The number of likely N-dealkylation sites (N-methyl/N-ethyl adjacent to an activating group) is 1. The van der Waals surface area contributed by atoms with Crippen LogP contribution in [-0.4, -0.2) is 18.7 Å². The average molecular weight is 235 g/mol. The van der Waals surface area contributed by atoms with Crippen molar-refractivity contribution in [2.75, 3.05) is 6.54 Å². The van der Waals surface area contributed by atoms with Gasteiger partial charge in [0.2, 0.25) is 0 Å². The van der Waals surface area contributed by atoms with Crippen molar-refractivity contribution in [3.05, 3.63) is 29.8 Å². The normalized spacial score (nSPS) is 14.7. The van der Waals surface area contributed by atoms with Crippen LogP contribution in [0.5, 0.6) is 5.75 Å². The molecule has 2 nitrogen and oxygen atoms in total. The van der Waals surface area contributed by atoms with Crippen molar-refractivity contribution in [2.45, 2.75) is 52.7 Å². The highest BCUT2D eigenvalue weighted by Crippen LogP contribution is 2.19. The maximum absolute atomic E-state index is 5.90. The lowest BCUT2D eigenvalue weighted by Gasteiger charge is -2.22. The minimum Gasteiger partial charge on any atom is -0.489 e. The Morgan fingerprint density at radius 3 is 2.12 bits per heavy atom. The fourth-order valence-electron chi connectivity index (χ4n) is 1.74. The molecule has 2 heteroatoms. The molecule has 0 heterocycles. The molecule has 17 heavy (non-hydrogen) atoms. The van der Waals surface area contributed by atoms with Crippen molar-refractivity contribution in [3.63, 3.8) is 0 Å². The minimum atomic E-state index is 0.180. The van der Waals surface area contributed by atoms with Gasteiger partial charge >= 0.3 is 0 Å². The van der Waals surface area contributed by atoms with Gasteiger partial charge < -0.3 is 10.1 Å². The maximum atomic E-state index is 5.90. The van der Waals surface area contributed by atoms with Gasteiger partial charge in [-0.3, -0.25) is 0 Å². The van der Waals surface area contributed by atoms with E-state index >= 15 is 0 Å². The van der Waals surface area contributed by atoms with Crippen molar-refractivity contribution in [3.8, 4) is 5.75 Å². The van der Waals surface area contributed by atoms with E-state index in [2.05, 4.69) is 64.2 Å². The zero-order chi connectivity index (χ0) is 12.8. The number of hydrogen-bond acceptors (Lipinski definition) is 2. The number of ether oxygens (including phenoxy) is 1. The van der Waals surface area contributed by atoms with Crippen molar-refractivity contribution >= 4 is 0 Å². The second-order valence-electron chi connectivity index (χ2n) is 4.89. The second kappa shape index (κ2) is 6.65. The molecule has 0 aliphatic carbocycles. The summed E-state index contributed by atoms with van der Waals surface area (Å²) in [6, 6.07) is 8.77. The smallest absolute Gasteiger partial charge is 0.119 e. The van der Waals surface area contributed by atoms with E-state index in [0.29, 0.717) is 12.0 Å². The molecule has 1 N–H and O–H groups in total. The summed E-state index contributed by atoms with van der Waals surface area (Å²) in [5.74, 6) is 1.52. The molecule has 1 aromatic rings. The third-order valence-corrected chi connectivity index (χ3v) is 3.10. The summed E-state index contributed by atoms with van der Waals surface area (Å²) in [6.45, 7) is 11.7. The van der Waals surface area contributed by atoms with Gasteiger partial charge in [-0.25, -0.2) is 0 Å². The predicted molar refractivity (Wildman–Crippen MR) is 73.8 cm³/mol. The van der Waals surface area contributed by atoms with E-state index in [1.807, 2.05) is 0 Å². The fraction of sp³-hybridized carbons (Fsp3) is 0.600. The minimum absolute atomic E-state index is 0.180. The fourth-order valence-corrected chi connectivity index (χ4v) is 1.74. The Morgan fingerprint density at radius 1 is 1.06 bits per heavy atom. The van der Waals surface area contributed by atoms with Crippen molar-refractivity contribution in [1.29, 1.82) is 0 Å². The highest BCUT2D eigenvalue weighted by molar-refractivity contribution is 5.29. The van der Waals surface area contributed by atoms with E-state index in [1.54, 1.807) is 0 Å². The van der Waals surface area contributed by atoms with Gasteiger partial charge in [0.1, 0.15) is 11.9 Å². The number of hydrogen-bond donors (Lipinski definition) is 1. The molecule has 0 spiro atoms. The lowest BCUT2D eigenvalue weighted by molar-refractivity contribution is 0.179. The predicted octanol–water partition coefficient (Wildman–Crippen LogP) is 3.58. The number of benzene rings is 1.